The summed E-state index contributed by atoms with van der Waals surface area (Å²) in [5, 5.41) is 19.7. The van der Waals surface area contributed by atoms with Gasteiger partial charge in [-0.25, -0.2) is 4.68 Å². The Balaban J connectivity index is 1.82. The summed E-state index contributed by atoms with van der Waals surface area (Å²) in [7, 11) is 0. The lowest BCUT2D eigenvalue weighted by Gasteiger charge is -2.29. The van der Waals surface area contributed by atoms with Crippen LogP contribution >= 0.6 is 0 Å². The zero-order chi connectivity index (χ0) is 13.7. The van der Waals surface area contributed by atoms with Gasteiger partial charge in [-0.05, 0) is 18.8 Å². The molecule has 2 unspecified atom stereocenters. The Labute approximate surface area is 113 Å². The van der Waals surface area contributed by atoms with Crippen LogP contribution in [0.1, 0.15) is 38.3 Å². The first kappa shape index (κ1) is 14.0. The molecule has 1 amide bonds. The van der Waals surface area contributed by atoms with Gasteiger partial charge < -0.3 is 10.4 Å². The van der Waals surface area contributed by atoms with Crippen molar-refractivity contribution in [1.29, 1.82) is 0 Å². The Morgan fingerprint density at radius 2 is 2.32 bits per heavy atom. The number of carbonyl (C=O) groups is 1. The lowest BCUT2D eigenvalue weighted by atomic mass is 9.86. The number of aromatic nitrogens is 3. The Morgan fingerprint density at radius 1 is 1.53 bits per heavy atom. The van der Waals surface area contributed by atoms with E-state index in [1.165, 1.54) is 23.9 Å². The predicted molar refractivity (Wildman–Crippen MR) is 70.4 cm³/mol. The highest BCUT2D eigenvalue weighted by Crippen LogP contribution is 2.23. The molecule has 0 saturated heterocycles. The number of amides is 1. The molecular weight excluding hydrogens is 244 g/mol. The molecule has 2 N–H and O–H groups in total. The monoisotopic (exact) mass is 266 g/mol. The fourth-order valence-corrected chi connectivity index (χ4v) is 2.58. The minimum atomic E-state index is -0.0146. The average molecular weight is 266 g/mol. The lowest BCUT2D eigenvalue weighted by molar-refractivity contribution is -0.123. The van der Waals surface area contributed by atoms with Crippen LogP contribution in [0.3, 0.4) is 0 Å². The van der Waals surface area contributed by atoms with Crippen LogP contribution in [-0.2, 0) is 17.8 Å². The van der Waals surface area contributed by atoms with E-state index in [4.69, 9.17) is 5.11 Å². The van der Waals surface area contributed by atoms with E-state index in [2.05, 4.69) is 22.6 Å². The van der Waals surface area contributed by atoms with Gasteiger partial charge in [0.05, 0.1) is 5.69 Å². The Hall–Kier alpha value is -1.43. The van der Waals surface area contributed by atoms with Crippen molar-refractivity contribution in [2.45, 2.75) is 51.6 Å². The predicted octanol–water partition coefficient (Wildman–Crippen LogP) is 0.508. The molecule has 106 valence electrons. The molecule has 19 heavy (non-hydrogen) atoms. The van der Waals surface area contributed by atoms with Crippen molar-refractivity contribution in [1.82, 2.24) is 20.3 Å². The van der Waals surface area contributed by atoms with E-state index in [0.717, 1.165) is 6.42 Å². The van der Waals surface area contributed by atoms with Gasteiger partial charge in [-0.2, -0.15) is 0 Å². The number of aliphatic hydroxyl groups excluding tert-OH is 1. The average Bonchev–Trinajstić information content (AvgIpc) is 2.80. The van der Waals surface area contributed by atoms with Gasteiger partial charge in [0.15, 0.2) is 0 Å². The van der Waals surface area contributed by atoms with Gasteiger partial charge in [0, 0.05) is 25.3 Å². The maximum absolute atomic E-state index is 11.9. The van der Waals surface area contributed by atoms with E-state index < -0.39 is 0 Å². The second-order valence-corrected chi connectivity index (χ2v) is 5.32. The number of hydrogen-bond acceptors (Lipinski definition) is 4. The van der Waals surface area contributed by atoms with E-state index in [1.807, 2.05) is 0 Å². The van der Waals surface area contributed by atoms with Gasteiger partial charge >= 0.3 is 0 Å². The van der Waals surface area contributed by atoms with E-state index >= 15 is 0 Å². The molecule has 0 bridgehead atoms. The molecule has 1 saturated carbocycles. The van der Waals surface area contributed by atoms with Gasteiger partial charge in [-0.15, -0.1) is 5.10 Å². The Morgan fingerprint density at radius 3 is 3.05 bits per heavy atom. The first-order chi connectivity index (χ1) is 9.19. The molecule has 0 spiro atoms. The number of carbonyl (C=O) groups excluding carboxylic acids is 1. The van der Waals surface area contributed by atoms with Crippen LogP contribution in [0.5, 0.6) is 0 Å². The summed E-state index contributed by atoms with van der Waals surface area (Å²) >= 11 is 0. The van der Waals surface area contributed by atoms with Crippen LogP contribution in [0.2, 0.25) is 0 Å². The second-order valence-electron chi connectivity index (χ2n) is 5.32. The SMILES string of the molecule is CC1CCCCC1NC(=O)Cn1cc(CCO)nn1. The first-order valence-electron chi connectivity index (χ1n) is 6.98. The molecule has 0 radical (unpaired) electrons. The fourth-order valence-electron chi connectivity index (χ4n) is 2.58. The van der Waals surface area contributed by atoms with Crippen LogP contribution in [0, 0.1) is 5.92 Å². The molecule has 2 atom stereocenters. The number of aliphatic hydroxyl groups is 1. The quantitative estimate of drug-likeness (QED) is 0.813. The minimum absolute atomic E-state index is 0.0146. The van der Waals surface area contributed by atoms with Crippen LogP contribution in [0.25, 0.3) is 0 Å². The second kappa shape index (κ2) is 6.65. The third kappa shape index (κ3) is 4.02. The van der Waals surface area contributed by atoms with E-state index in [1.54, 1.807) is 6.20 Å². The molecule has 0 aliphatic heterocycles. The topological polar surface area (TPSA) is 80.0 Å². The molecule has 2 rings (SSSR count). The summed E-state index contributed by atoms with van der Waals surface area (Å²) < 4.78 is 1.52. The first-order valence-corrected chi connectivity index (χ1v) is 6.98. The van der Waals surface area contributed by atoms with Crippen molar-refractivity contribution < 1.29 is 9.90 Å². The highest BCUT2D eigenvalue weighted by molar-refractivity contribution is 5.75. The molecule has 6 nitrogen and oxygen atoms in total. The number of hydrogen-bond donors (Lipinski definition) is 2. The van der Waals surface area contributed by atoms with E-state index in [9.17, 15) is 4.79 Å². The number of nitrogens with one attached hydrogen (secondary N) is 1. The lowest BCUT2D eigenvalue weighted by Crippen LogP contribution is -2.42. The van der Waals surface area contributed by atoms with Crippen LogP contribution in [0.4, 0.5) is 0 Å². The summed E-state index contributed by atoms with van der Waals surface area (Å²) in [6, 6.07) is 0.293. The molecule has 1 aliphatic carbocycles. The molecule has 1 fully saturated rings. The summed E-state index contributed by atoms with van der Waals surface area (Å²) in [6.45, 7) is 2.44. The van der Waals surface area contributed by atoms with Gasteiger partial charge in [-0.1, -0.05) is 25.0 Å². The zero-order valence-electron chi connectivity index (χ0n) is 11.4. The van der Waals surface area contributed by atoms with Crippen molar-refractivity contribution in [3.63, 3.8) is 0 Å². The molecule has 1 aliphatic rings. The van der Waals surface area contributed by atoms with E-state index in [-0.39, 0.29) is 19.1 Å². The smallest absolute Gasteiger partial charge is 0.242 e. The van der Waals surface area contributed by atoms with E-state index in [0.29, 0.717) is 24.1 Å². The largest absolute Gasteiger partial charge is 0.396 e. The van der Waals surface area contributed by atoms with Crippen LogP contribution < -0.4 is 5.32 Å². The summed E-state index contributed by atoms with van der Waals surface area (Å²) in [4.78, 5) is 11.9. The van der Waals surface area contributed by atoms with Crippen molar-refractivity contribution in [3.8, 4) is 0 Å². The van der Waals surface area contributed by atoms with Gasteiger partial charge in [0.2, 0.25) is 5.91 Å². The molecule has 0 aromatic carbocycles. The third-order valence-electron chi connectivity index (χ3n) is 3.72. The Kier molecular flexibility index (Phi) is 4.90. The summed E-state index contributed by atoms with van der Waals surface area (Å²) in [5.74, 6) is 0.539. The zero-order valence-corrected chi connectivity index (χ0v) is 11.4. The van der Waals surface area contributed by atoms with Crippen LogP contribution in [0.15, 0.2) is 6.20 Å². The minimum Gasteiger partial charge on any atom is -0.396 e. The van der Waals surface area contributed by atoms with Crippen molar-refractivity contribution >= 4 is 5.91 Å². The molecule has 1 aromatic heterocycles. The van der Waals surface area contributed by atoms with Crippen LogP contribution in [-0.4, -0.2) is 38.7 Å². The van der Waals surface area contributed by atoms with Crippen molar-refractivity contribution in [2.75, 3.05) is 6.61 Å². The van der Waals surface area contributed by atoms with Crippen molar-refractivity contribution in [3.05, 3.63) is 11.9 Å². The van der Waals surface area contributed by atoms with Gasteiger partial charge in [0.1, 0.15) is 6.54 Å². The normalized spacial score (nSPS) is 23.3. The summed E-state index contributed by atoms with van der Waals surface area (Å²) in [5.41, 5.74) is 0.710. The Bertz CT molecular complexity index is 419. The standard InChI is InChI=1S/C13H22N4O2/c1-10-4-2-3-5-12(10)14-13(19)9-17-8-11(6-7-18)15-16-17/h8,10,12,18H,2-7,9H2,1H3,(H,14,19). The highest BCUT2D eigenvalue weighted by Gasteiger charge is 2.22. The maximum atomic E-state index is 11.9. The fraction of sp³-hybridized carbons (Fsp3) is 0.769. The highest BCUT2D eigenvalue weighted by atomic mass is 16.3. The molecule has 6 heteroatoms. The third-order valence-corrected chi connectivity index (χ3v) is 3.72. The van der Waals surface area contributed by atoms with Crippen molar-refractivity contribution in [2.24, 2.45) is 5.92 Å². The van der Waals surface area contributed by atoms with Gasteiger partial charge in [-0.3, -0.25) is 4.79 Å². The maximum Gasteiger partial charge on any atom is 0.242 e. The molecule has 1 heterocycles. The summed E-state index contributed by atoms with van der Waals surface area (Å²) in [6.07, 6.45) is 6.90. The molecular formula is C13H22N4O2. The number of nitrogens with zero attached hydrogens (tertiary/aromatic N) is 3. The van der Waals surface area contributed by atoms with Gasteiger partial charge in [0.25, 0.3) is 0 Å². The molecule has 1 aromatic rings. The number of rotatable bonds is 5.